The monoisotopic (exact) mass is 336 g/mol. The van der Waals surface area contributed by atoms with Crippen molar-refractivity contribution in [3.63, 3.8) is 0 Å². The maximum absolute atomic E-state index is 12.3. The number of isocyanates is 1. The number of hydrogen-bond acceptors (Lipinski definition) is 5. The number of nitrogens with one attached hydrogen (secondary N) is 1. The van der Waals surface area contributed by atoms with Gasteiger partial charge in [-0.25, -0.2) is 15.0 Å². The lowest BCUT2D eigenvalue weighted by Crippen LogP contribution is -2.21. The quantitative estimate of drug-likeness (QED) is 0.440. The minimum Gasteiger partial charge on any atom is -0.422 e. The zero-order chi connectivity index (χ0) is 18.2. The van der Waals surface area contributed by atoms with E-state index >= 15 is 0 Å². The molecule has 0 spiro atoms. The van der Waals surface area contributed by atoms with E-state index in [1.807, 2.05) is 48.5 Å². The van der Waals surface area contributed by atoms with Gasteiger partial charge in [-0.05, 0) is 37.6 Å². The molecule has 0 fully saturated rings. The van der Waals surface area contributed by atoms with Gasteiger partial charge < -0.3 is 9.32 Å². The van der Waals surface area contributed by atoms with Gasteiger partial charge in [0.15, 0.2) is 0 Å². The van der Waals surface area contributed by atoms with Crippen LogP contribution in [-0.2, 0) is 4.79 Å². The molecule has 1 aromatic heterocycles. The summed E-state index contributed by atoms with van der Waals surface area (Å²) in [5.41, 5.74) is 2.90. The van der Waals surface area contributed by atoms with Crippen LogP contribution < -0.4 is 10.5 Å². The van der Waals surface area contributed by atoms with Gasteiger partial charge in [-0.2, -0.15) is 0 Å². The summed E-state index contributed by atoms with van der Waals surface area (Å²) in [6.45, 7) is 6.08. The predicted molar refractivity (Wildman–Crippen MR) is 99.9 cm³/mol. The lowest BCUT2D eigenvalue weighted by Gasteiger charge is -2.21. The fourth-order valence-corrected chi connectivity index (χ4v) is 2.70. The van der Waals surface area contributed by atoms with Gasteiger partial charge in [0.2, 0.25) is 6.08 Å². The van der Waals surface area contributed by atoms with E-state index in [2.05, 4.69) is 24.8 Å². The number of hydrogen-bond donors (Lipinski definition) is 1. The Morgan fingerprint density at radius 3 is 2.28 bits per heavy atom. The van der Waals surface area contributed by atoms with Crippen LogP contribution in [0.2, 0.25) is 0 Å². The molecule has 0 unspecified atom stereocenters. The molecule has 0 amide bonds. The van der Waals surface area contributed by atoms with Crippen LogP contribution in [0.5, 0.6) is 0 Å². The molecule has 25 heavy (non-hydrogen) atoms. The average Bonchev–Trinajstić information content (AvgIpc) is 2.63. The SMILES string of the molecule is CCN(CC)c1ccc2cc(-c3ccccc3)c(=O)oc2c1.N=C=O. The molecule has 0 saturated heterocycles. The van der Waals surface area contributed by atoms with Gasteiger partial charge in [0.1, 0.15) is 5.58 Å². The van der Waals surface area contributed by atoms with E-state index < -0.39 is 0 Å². The maximum Gasteiger partial charge on any atom is 0.344 e. The number of benzene rings is 2. The fraction of sp³-hybridized carbons (Fsp3) is 0.200. The number of rotatable bonds is 4. The van der Waals surface area contributed by atoms with E-state index in [-0.39, 0.29) is 5.63 Å². The van der Waals surface area contributed by atoms with E-state index in [0.717, 1.165) is 35.8 Å². The van der Waals surface area contributed by atoms with Crippen molar-refractivity contribution < 1.29 is 9.21 Å². The third-order valence-corrected chi connectivity index (χ3v) is 3.93. The molecule has 2 aromatic carbocycles. The van der Waals surface area contributed by atoms with E-state index in [4.69, 9.17) is 14.6 Å². The molecule has 0 aliphatic heterocycles. The summed E-state index contributed by atoms with van der Waals surface area (Å²) < 4.78 is 5.54. The van der Waals surface area contributed by atoms with E-state index in [1.165, 1.54) is 0 Å². The van der Waals surface area contributed by atoms with Crippen molar-refractivity contribution in [3.8, 4) is 11.1 Å². The lowest BCUT2D eigenvalue weighted by molar-refractivity contribution is 0.562. The molecule has 3 aromatic rings. The highest BCUT2D eigenvalue weighted by Gasteiger charge is 2.09. The van der Waals surface area contributed by atoms with Gasteiger partial charge in [-0.3, -0.25) is 0 Å². The summed E-state index contributed by atoms with van der Waals surface area (Å²) in [5.74, 6) is 0. The number of carbonyl (C=O) groups excluding carboxylic acids is 1. The first kappa shape index (κ1) is 18.2. The number of anilines is 1. The second-order valence-corrected chi connectivity index (χ2v) is 5.31. The van der Waals surface area contributed by atoms with Crippen molar-refractivity contribution >= 4 is 22.7 Å². The number of nitrogens with zero attached hydrogens (tertiary/aromatic N) is 1. The summed E-state index contributed by atoms with van der Waals surface area (Å²) in [7, 11) is 0. The van der Waals surface area contributed by atoms with Gasteiger partial charge in [0.25, 0.3) is 0 Å². The molecule has 0 radical (unpaired) electrons. The van der Waals surface area contributed by atoms with Crippen LogP contribution in [0.1, 0.15) is 13.8 Å². The Hall–Kier alpha value is -3.17. The first-order valence-electron chi connectivity index (χ1n) is 8.06. The van der Waals surface area contributed by atoms with Crippen molar-refractivity contribution in [2.45, 2.75) is 13.8 Å². The second kappa shape index (κ2) is 8.62. The van der Waals surface area contributed by atoms with Crippen molar-refractivity contribution in [2.75, 3.05) is 18.0 Å². The summed E-state index contributed by atoms with van der Waals surface area (Å²) in [4.78, 5) is 22.8. The summed E-state index contributed by atoms with van der Waals surface area (Å²) >= 11 is 0. The minimum absolute atomic E-state index is 0.296. The third-order valence-electron chi connectivity index (χ3n) is 3.93. The summed E-state index contributed by atoms with van der Waals surface area (Å²) in [5, 5.41) is 6.34. The molecule has 0 atom stereocenters. The highest BCUT2D eigenvalue weighted by atomic mass is 16.4. The summed E-state index contributed by atoms with van der Waals surface area (Å²) in [6, 6.07) is 17.5. The number of fused-ring (bicyclic) bond motifs is 1. The average molecular weight is 336 g/mol. The molecular weight excluding hydrogens is 316 g/mol. The van der Waals surface area contributed by atoms with Gasteiger partial charge in [0.05, 0.1) is 5.56 Å². The zero-order valence-corrected chi connectivity index (χ0v) is 14.3. The van der Waals surface area contributed by atoms with Crippen LogP contribution in [-0.4, -0.2) is 19.2 Å². The molecule has 3 rings (SSSR count). The first-order chi connectivity index (χ1) is 12.1. The standard InChI is InChI=1S/C19H19NO2.CHNO/c1-3-20(4-2)16-11-10-15-12-17(14-8-6-5-7-9-14)19(21)22-18(15)13-16;2-1-3/h5-13H,3-4H2,1-2H3;2H. The molecule has 0 bridgehead atoms. The van der Waals surface area contributed by atoms with Crippen LogP contribution in [0.3, 0.4) is 0 Å². The third kappa shape index (κ3) is 4.22. The summed E-state index contributed by atoms with van der Waals surface area (Å²) in [6.07, 6.45) is 0.750. The molecule has 0 aliphatic rings. The van der Waals surface area contributed by atoms with Gasteiger partial charge in [-0.15, -0.1) is 0 Å². The fourth-order valence-electron chi connectivity index (χ4n) is 2.70. The van der Waals surface area contributed by atoms with Gasteiger partial charge in [-0.1, -0.05) is 30.3 Å². The molecule has 5 heteroatoms. The van der Waals surface area contributed by atoms with Crippen LogP contribution in [0.4, 0.5) is 5.69 Å². The molecule has 0 saturated carbocycles. The first-order valence-corrected chi connectivity index (χ1v) is 8.06. The normalized spacial score (nSPS) is 9.84. The molecule has 128 valence electrons. The Morgan fingerprint density at radius 2 is 1.68 bits per heavy atom. The maximum atomic E-state index is 12.3. The minimum atomic E-state index is -0.296. The van der Waals surface area contributed by atoms with E-state index in [0.29, 0.717) is 11.1 Å². The van der Waals surface area contributed by atoms with Crippen LogP contribution in [0.15, 0.2) is 63.8 Å². The van der Waals surface area contributed by atoms with Crippen molar-refractivity contribution in [1.82, 2.24) is 0 Å². The Kier molecular flexibility index (Phi) is 6.26. The molecule has 1 heterocycles. The topological polar surface area (TPSA) is 74.4 Å². The highest BCUT2D eigenvalue weighted by Crippen LogP contribution is 2.25. The van der Waals surface area contributed by atoms with Crippen molar-refractivity contribution in [1.29, 1.82) is 5.41 Å². The Labute approximate surface area is 146 Å². The van der Waals surface area contributed by atoms with E-state index in [9.17, 15) is 4.79 Å². The highest BCUT2D eigenvalue weighted by molar-refractivity contribution is 5.84. The van der Waals surface area contributed by atoms with Crippen LogP contribution in [0.25, 0.3) is 22.1 Å². The van der Waals surface area contributed by atoms with Crippen molar-refractivity contribution in [3.05, 3.63) is 65.0 Å². The van der Waals surface area contributed by atoms with Crippen molar-refractivity contribution in [2.24, 2.45) is 0 Å². The van der Waals surface area contributed by atoms with Gasteiger partial charge in [0, 0.05) is 30.2 Å². The zero-order valence-electron chi connectivity index (χ0n) is 14.3. The Balaban J connectivity index is 0.000000701. The van der Waals surface area contributed by atoms with Gasteiger partial charge >= 0.3 is 5.63 Å². The molecule has 0 aliphatic carbocycles. The second-order valence-electron chi connectivity index (χ2n) is 5.31. The lowest BCUT2D eigenvalue weighted by atomic mass is 10.1. The Morgan fingerprint density at radius 1 is 1.04 bits per heavy atom. The van der Waals surface area contributed by atoms with Crippen LogP contribution >= 0.6 is 0 Å². The van der Waals surface area contributed by atoms with Crippen LogP contribution in [0, 0.1) is 5.41 Å². The Bertz CT molecular complexity index is 923. The smallest absolute Gasteiger partial charge is 0.344 e. The van der Waals surface area contributed by atoms with E-state index in [1.54, 1.807) is 0 Å². The molecule has 5 nitrogen and oxygen atoms in total. The largest absolute Gasteiger partial charge is 0.422 e. The molecule has 1 N–H and O–H groups in total. The predicted octanol–water partition coefficient (Wildman–Crippen LogP) is 4.21. The molecular formula is C20H20N2O3.